The molecule has 0 aromatic heterocycles. The number of halogens is 2. The molecule has 0 spiro atoms. The van der Waals surface area contributed by atoms with Crippen LogP contribution in [0, 0.1) is 0 Å². The predicted octanol–water partition coefficient (Wildman–Crippen LogP) is 6.04. The van der Waals surface area contributed by atoms with E-state index in [4.69, 9.17) is 0 Å². The molecule has 0 saturated carbocycles. The zero-order valence-electron chi connectivity index (χ0n) is 12.4. The molecule has 0 nitrogen and oxygen atoms in total. The fraction of sp³-hybridized carbons (Fsp3) is 0.368. The standard InChI is InChI=1S/C19H22F2/c1-2-3-4-5-9-13-19(21)14-12-17(18(20)15-19)16-10-7-6-8-11-16/h4-8,10-12,14-15,17H,2-3,9,13H2,1H3/b5-4+. The monoisotopic (exact) mass is 288 g/mol. The molecular weight excluding hydrogens is 266 g/mol. The molecule has 0 saturated heterocycles. The van der Waals surface area contributed by atoms with Crippen molar-refractivity contribution in [2.45, 2.75) is 44.2 Å². The third-order valence-electron chi connectivity index (χ3n) is 3.72. The Morgan fingerprint density at radius 3 is 2.52 bits per heavy atom. The van der Waals surface area contributed by atoms with Crippen molar-refractivity contribution in [2.75, 3.05) is 0 Å². The van der Waals surface area contributed by atoms with Gasteiger partial charge >= 0.3 is 0 Å². The third-order valence-corrected chi connectivity index (χ3v) is 3.72. The van der Waals surface area contributed by atoms with Crippen LogP contribution in [0.3, 0.4) is 0 Å². The molecule has 1 aliphatic carbocycles. The normalized spacial score (nSPS) is 25.3. The minimum Gasteiger partial charge on any atom is -0.235 e. The summed E-state index contributed by atoms with van der Waals surface area (Å²) in [5.74, 6) is -0.852. The molecule has 0 amide bonds. The van der Waals surface area contributed by atoms with Crippen LogP contribution in [0.4, 0.5) is 8.78 Å². The Bertz CT molecular complexity index is 528. The summed E-state index contributed by atoms with van der Waals surface area (Å²) in [5.41, 5.74) is -0.807. The van der Waals surface area contributed by atoms with Gasteiger partial charge in [-0.05, 0) is 37.0 Å². The van der Waals surface area contributed by atoms with Crippen molar-refractivity contribution in [1.29, 1.82) is 0 Å². The number of allylic oxidation sites excluding steroid dienone is 6. The third kappa shape index (κ3) is 4.38. The van der Waals surface area contributed by atoms with Gasteiger partial charge in [0.25, 0.3) is 0 Å². The topological polar surface area (TPSA) is 0 Å². The molecule has 21 heavy (non-hydrogen) atoms. The molecule has 1 aliphatic rings. The highest BCUT2D eigenvalue weighted by Crippen LogP contribution is 2.37. The Kier molecular flexibility index (Phi) is 5.49. The van der Waals surface area contributed by atoms with Crippen molar-refractivity contribution < 1.29 is 8.78 Å². The molecule has 0 fully saturated rings. The number of unbranched alkanes of at least 4 members (excludes halogenated alkanes) is 1. The van der Waals surface area contributed by atoms with Crippen molar-refractivity contribution in [3.8, 4) is 0 Å². The minimum absolute atomic E-state index is 0.290. The maximum absolute atomic E-state index is 14.6. The second-order valence-corrected chi connectivity index (χ2v) is 5.50. The Morgan fingerprint density at radius 1 is 1.14 bits per heavy atom. The SMILES string of the molecule is CCC/C=C/CCC1(F)C=CC(c2ccccc2)C(F)=C1. The summed E-state index contributed by atoms with van der Waals surface area (Å²) in [7, 11) is 0. The van der Waals surface area contributed by atoms with Crippen LogP contribution in [0.2, 0.25) is 0 Å². The summed E-state index contributed by atoms with van der Waals surface area (Å²) in [5, 5.41) is 0. The van der Waals surface area contributed by atoms with E-state index in [0.717, 1.165) is 24.5 Å². The van der Waals surface area contributed by atoms with Gasteiger partial charge in [0.05, 0.1) is 5.92 Å². The van der Waals surface area contributed by atoms with Gasteiger partial charge in [-0.2, -0.15) is 0 Å². The summed E-state index contributed by atoms with van der Waals surface area (Å²) < 4.78 is 28.8. The Morgan fingerprint density at radius 2 is 1.86 bits per heavy atom. The second kappa shape index (κ2) is 7.35. The van der Waals surface area contributed by atoms with Gasteiger partial charge in [-0.25, -0.2) is 8.78 Å². The second-order valence-electron chi connectivity index (χ2n) is 5.50. The minimum atomic E-state index is -1.66. The zero-order chi connectivity index (χ0) is 15.1. The summed E-state index contributed by atoms with van der Waals surface area (Å²) >= 11 is 0. The molecule has 112 valence electrons. The molecule has 0 N–H and O–H groups in total. The lowest BCUT2D eigenvalue weighted by Crippen LogP contribution is -2.21. The Labute approximate surface area is 125 Å². The van der Waals surface area contributed by atoms with Crippen LogP contribution >= 0.6 is 0 Å². The average molecular weight is 288 g/mol. The quantitative estimate of drug-likeness (QED) is 0.560. The van der Waals surface area contributed by atoms with Crippen molar-refractivity contribution in [3.05, 3.63) is 72.1 Å². The molecule has 0 aliphatic heterocycles. The number of hydrogen-bond acceptors (Lipinski definition) is 0. The summed E-state index contributed by atoms with van der Waals surface area (Å²) in [6.07, 6.45) is 11.3. The van der Waals surface area contributed by atoms with Gasteiger partial charge in [-0.3, -0.25) is 0 Å². The van der Waals surface area contributed by atoms with Crippen molar-refractivity contribution in [1.82, 2.24) is 0 Å². The maximum atomic E-state index is 14.6. The highest BCUT2D eigenvalue weighted by molar-refractivity contribution is 5.38. The first-order valence-corrected chi connectivity index (χ1v) is 7.61. The highest BCUT2D eigenvalue weighted by atomic mass is 19.1. The molecular formula is C19H22F2. The lowest BCUT2D eigenvalue weighted by atomic mass is 9.86. The van der Waals surface area contributed by atoms with Gasteiger partial charge in [0.1, 0.15) is 11.5 Å². The Balaban J connectivity index is 2.00. The first kappa shape index (κ1) is 15.7. The van der Waals surface area contributed by atoms with E-state index >= 15 is 0 Å². The summed E-state index contributed by atoms with van der Waals surface area (Å²) in [6.45, 7) is 2.10. The van der Waals surface area contributed by atoms with Crippen LogP contribution < -0.4 is 0 Å². The van der Waals surface area contributed by atoms with E-state index in [1.165, 1.54) is 6.08 Å². The largest absolute Gasteiger partial charge is 0.235 e. The zero-order valence-corrected chi connectivity index (χ0v) is 12.4. The molecule has 2 heteroatoms. The fourth-order valence-corrected chi connectivity index (χ4v) is 2.51. The van der Waals surface area contributed by atoms with Crippen LogP contribution in [0.1, 0.15) is 44.1 Å². The first-order chi connectivity index (χ1) is 10.1. The van der Waals surface area contributed by atoms with Crippen LogP contribution in [0.5, 0.6) is 0 Å². The number of hydrogen-bond donors (Lipinski definition) is 0. The average Bonchev–Trinajstić information content (AvgIpc) is 2.48. The van der Waals surface area contributed by atoms with Gasteiger partial charge in [0.15, 0.2) is 0 Å². The van der Waals surface area contributed by atoms with Gasteiger partial charge in [0.2, 0.25) is 0 Å². The van der Waals surface area contributed by atoms with Gasteiger partial charge in [0, 0.05) is 0 Å². The number of benzene rings is 1. The van der Waals surface area contributed by atoms with E-state index in [1.54, 1.807) is 6.08 Å². The van der Waals surface area contributed by atoms with Crippen LogP contribution in [0.15, 0.2) is 66.5 Å². The van der Waals surface area contributed by atoms with E-state index in [9.17, 15) is 8.78 Å². The van der Waals surface area contributed by atoms with E-state index < -0.39 is 17.4 Å². The van der Waals surface area contributed by atoms with Crippen molar-refractivity contribution in [3.63, 3.8) is 0 Å². The summed E-state index contributed by atoms with van der Waals surface area (Å²) in [4.78, 5) is 0. The van der Waals surface area contributed by atoms with Crippen molar-refractivity contribution in [2.24, 2.45) is 0 Å². The van der Waals surface area contributed by atoms with Crippen LogP contribution in [0.25, 0.3) is 0 Å². The molecule has 0 bridgehead atoms. The van der Waals surface area contributed by atoms with E-state index in [-0.39, 0.29) is 0 Å². The molecule has 0 radical (unpaired) electrons. The first-order valence-electron chi connectivity index (χ1n) is 7.61. The molecule has 1 aromatic carbocycles. The lowest BCUT2D eigenvalue weighted by Gasteiger charge is -2.24. The van der Waals surface area contributed by atoms with E-state index in [2.05, 4.69) is 13.0 Å². The molecule has 2 rings (SSSR count). The predicted molar refractivity (Wildman–Crippen MR) is 84.6 cm³/mol. The number of alkyl halides is 1. The molecule has 2 atom stereocenters. The van der Waals surface area contributed by atoms with Gasteiger partial charge in [-0.15, -0.1) is 0 Å². The lowest BCUT2D eigenvalue weighted by molar-refractivity contribution is 0.269. The van der Waals surface area contributed by atoms with Crippen LogP contribution in [-0.4, -0.2) is 5.67 Å². The maximum Gasteiger partial charge on any atom is 0.150 e. The van der Waals surface area contributed by atoms with E-state index in [0.29, 0.717) is 12.8 Å². The van der Waals surface area contributed by atoms with Crippen LogP contribution in [-0.2, 0) is 0 Å². The fourth-order valence-electron chi connectivity index (χ4n) is 2.51. The summed E-state index contributed by atoms with van der Waals surface area (Å²) in [6, 6.07) is 9.35. The molecule has 0 heterocycles. The van der Waals surface area contributed by atoms with Crippen molar-refractivity contribution >= 4 is 0 Å². The van der Waals surface area contributed by atoms with Gasteiger partial charge in [-0.1, -0.05) is 61.9 Å². The molecule has 2 unspecified atom stereocenters. The Hall–Kier alpha value is -1.70. The smallest absolute Gasteiger partial charge is 0.150 e. The van der Waals surface area contributed by atoms with Gasteiger partial charge < -0.3 is 0 Å². The highest BCUT2D eigenvalue weighted by Gasteiger charge is 2.30. The van der Waals surface area contributed by atoms with E-state index in [1.807, 2.05) is 36.4 Å². The molecule has 1 aromatic rings. The number of rotatable bonds is 6.